The SMILES string of the molecule is CCCCC/C=C\C/C=C\CCCCCCCC(=O)OC(COC(=O)CCCCCCCCCCCCCCCCCCCCC/C=C\CCCCCCCCCC)COC(OCC[N+](C)(C)C)C(=O)O. The Morgan fingerprint density at radius 2 is 0.761 bits per heavy atom. The first-order chi connectivity index (χ1) is 34.6. The average molecular weight is 1000 g/mol. The molecule has 0 spiro atoms. The Hall–Kier alpha value is -2.49. The van der Waals surface area contributed by atoms with Gasteiger partial charge in [-0.05, 0) is 70.6 Å². The van der Waals surface area contributed by atoms with Gasteiger partial charge in [-0.3, -0.25) is 9.59 Å². The first-order valence-corrected chi connectivity index (χ1v) is 30.2. The fourth-order valence-electron chi connectivity index (χ4n) is 8.69. The van der Waals surface area contributed by atoms with Gasteiger partial charge in [-0.15, -0.1) is 0 Å². The van der Waals surface area contributed by atoms with Crippen molar-refractivity contribution in [2.75, 3.05) is 47.5 Å². The third-order valence-corrected chi connectivity index (χ3v) is 13.4. The number of rotatable bonds is 56. The van der Waals surface area contributed by atoms with Gasteiger partial charge in [0.1, 0.15) is 13.2 Å². The summed E-state index contributed by atoms with van der Waals surface area (Å²) in [6.45, 7) is 4.86. The van der Waals surface area contributed by atoms with Crippen molar-refractivity contribution in [1.29, 1.82) is 0 Å². The average Bonchev–Trinajstić information content (AvgIpc) is 3.34. The van der Waals surface area contributed by atoms with Crippen LogP contribution in [0.2, 0.25) is 0 Å². The second-order valence-electron chi connectivity index (χ2n) is 21.7. The number of aliphatic carboxylic acids is 1. The minimum absolute atomic E-state index is 0.185. The van der Waals surface area contributed by atoms with E-state index >= 15 is 0 Å². The maximum absolute atomic E-state index is 12.8. The van der Waals surface area contributed by atoms with Crippen molar-refractivity contribution in [2.45, 2.75) is 296 Å². The van der Waals surface area contributed by atoms with Gasteiger partial charge in [-0.2, -0.15) is 0 Å². The first kappa shape index (κ1) is 68.5. The van der Waals surface area contributed by atoms with Crippen LogP contribution < -0.4 is 0 Å². The number of hydrogen-bond donors (Lipinski definition) is 1. The Balaban J connectivity index is 4.08. The molecule has 0 bridgehead atoms. The minimum atomic E-state index is -1.51. The third-order valence-electron chi connectivity index (χ3n) is 13.4. The van der Waals surface area contributed by atoms with Crippen LogP contribution in [-0.2, 0) is 33.3 Å². The largest absolute Gasteiger partial charge is 0.477 e. The maximum atomic E-state index is 12.8. The van der Waals surface area contributed by atoms with Crippen molar-refractivity contribution in [3.05, 3.63) is 36.5 Å². The molecule has 0 aromatic rings. The highest BCUT2D eigenvalue weighted by molar-refractivity contribution is 5.71. The zero-order valence-corrected chi connectivity index (χ0v) is 47.4. The summed E-state index contributed by atoms with van der Waals surface area (Å²) >= 11 is 0. The molecule has 0 aliphatic heterocycles. The highest BCUT2D eigenvalue weighted by Crippen LogP contribution is 2.17. The van der Waals surface area contributed by atoms with E-state index in [2.05, 4.69) is 50.3 Å². The summed E-state index contributed by atoms with van der Waals surface area (Å²) in [6.07, 6.45) is 62.4. The van der Waals surface area contributed by atoms with E-state index in [0.29, 0.717) is 23.9 Å². The number of quaternary nitrogens is 1. The van der Waals surface area contributed by atoms with E-state index < -0.39 is 24.3 Å². The molecule has 1 N–H and O–H groups in total. The Morgan fingerprint density at radius 3 is 1.15 bits per heavy atom. The topological polar surface area (TPSA) is 108 Å². The molecule has 2 atom stereocenters. The predicted octanol–water partition coefficient (Wildman–Crippen LogP) is 17.7. The molecule has 0 radical (unpaired) electrons. The van der Waals surface area contributed by atoms with Crippen LogP contribution in [0, 0.1) is 0 Å². The highest BCUT2D eigenvalue weighted by Gasteiger charge is 2.25. The fourth-order valence-corrected chi connectivity index (χ4v) is 8.69. The van der Waals surface area contributed by atoms with Gasteiger partial charge in [0, 0.05) is 12.8 Å². The molecule has 9 nitrogen and oxygen atoms in total. The molecule has 0 aliphatic rings. The lowest BCUT2D eigenvalue weighted by molar-refractivity contribution is -0.870. The molecule has 0 saturated carbocycles. The van der Waals surface area contributed by atoms with Crippen molar-refractivity contribution in [3.8, 4) is 0 Å². The van der Waals surface area contributed by atoms with Crippen molar-refractivity contribution < 1.29 is 42.9 Å². The molecule has 0 fully saturated rings. The van der Waals surface area contributed by atoms with Crippen molar-refractivity contribution in [2.24, 2.45) is 0 Å². The molecule has 0 aliphatic carbocycles. The van der Waals surface area contributed by atoms with Crippen molar-refractivity contribution in [3.63, 3.8) is 0 Å². The molecule has 416 valence electrons. The molecule has 0 aromatic carbocycles. The van der Waals surface area contributed by atoms with Crippen LogP contribution in [-0.4, -0.2) is 87.4 Å². The van der Waals surface area contributed by atoms with Gasteiger partial charge in [0.2, 0.25) is 0 Å². The number of hydrogen-bond acceptors (Lipinski definition) is 7. The lowest BCUT2D eigenvalue weighted by Gasteiger charge is -2.25. The highest BCUT2D eigenvalue weighted by atomic mass is 16.7. The third kappa shape index (κ3) is 55.1. The van der Waals surface area contributed by atoms with Crippen LogP contribution in [0.4, 0.5) is 0 Å². The van der Waals surface area contributed by atoms with Crippen LogP contribution in [0.5, 0.6) is 0 Å². The normalized spacial score (nSPS) is 13.0. The van der Waals surface area contributed by atoms with E-state index in [4.69, 9.17) is 18.9 Å². The summed E-state index contributed by atoms with van der Waals surface area (Å²) < 4.78 is 22.9. The summed E-state index contributed by atoms with van der Waals surface area (Å²) in [5.74, 6) is -2.01. The quantitative estimate of drug-likeness (QED) is 0.0211. The van der Waals surface area contributed by atoms with E-state index in [0.717, 1.165) is 57.8 Å². The number of allylic oxidation sites excluding steroid dienone is 6. The Labute approximate surface area is 439 Å². The van der Waals surface area contributed by atoms with Gasteiger partial charge in [-0.1, -0.05) is 237 Å². The number of nitrogens with zero attached hydrogens (tertiary/aromatic N) is 1. The maximum Gasteiger partial charge on any atom is 0.361 e. The van der Waals surface area contributed by atoms with E-state index in [1.165, 1.54) is 193 Å². The second kappa shape index (κ2) is 53.8. The fraction of sp³-hybridized carbons (Fsp3) is 0.855. The predicted molar refractivity (Wildman–Crippen MR) is 300 cm³/mol. The molecule has 0 heterocycles. The zero-order chi connectivity index (χ0) is 52.0. The van der Waals surface area contributed by atoms with Crippen molar-refractivity contribution >= 4 is 17.9 Å². The number of carboxylic acid groups (broad SMARTS) is 1. The number of carbonyl (C=O) groups excluding carboxylic acids is 2. The van der Waals surface area contributed by atoms with Gasteiger partial charge in [0.15, 0.2) is 6.10 Å². The number of likely N-dealkylation sites (N-methyl/N-ethyl adjacent to an activating group) is 1. The standard InChI is InChI=1S/C62H115NO8/c1-6-8-10-12-14-16-18-20-22-23-24-25-26-27-28-29-30-31-32-33-34-35-36-37-39-40-42-44-46-48-50-52-59(64)69-56-58(57-70-62(61(66)67)68-55-54-63(3,4)5)71-60(65)53-51-49-47-45-43-41-38-21-19-17-15-13-11-9-7-2/h15,17,21,23-24,38,58,62H,6-14,16,18-20,22,25-37,39-57H2,1-5H3/p+1/b17-15-,24-23-,38-21-. The smallest absolute Gasteiger partial charge is 0.361 e. The number of carboxylic acids is 1. The van der Waals surface area contributed by atoms with E-state index in [9.17, 15) is 19.5 Å². The molecule has 0 amide bonds. The summed E-state index contributed by atoms with van der Waals surface area (Å²) in [7, 11) is 5.97. The number of esters is 2. The molecule has 71 heavy (non-hydrogen) atoms. The van der Waals surface area contributed by atoms with Crippen LogP contribution in [0.3, 0.4) is 0 Å². The van der Waals surface area contributed by atoms with Crippen LogP contribution in [0.15, 0.2) is 36.5 Å². The van der Waals surface area contributed by atoms with E-state index in [1.807, 2.05) is 21.1 Å². The minimum Gasteiger partial charge on any atom is -0.477 e. The molecule has 0 rings (SSSR count). The molecular weight excluding hydrogens is 887 g/mol. The molecule has 0 saturated heterocycles. The summed E-state index contributed by atoms with van der Waals surface area (Å²) in [4.78, 5) is 37.4. The van der Waals surface area contributed by atoms with Gasteiger partial charge in [-0.25, -0.2) is 4.79 Å². The Kier molecular flexibility index (Phi) is 51.9. The lowest BCUT2D eigenvalue weighted by atomic mass is 10.0. The molecule has 0 aromatic heterocycles. The number of unbranched alkanes of at least 4 members (excludes halogenated alkanes) is 35. The second-order valence-corrected chi connectivity index (χ2v) is 21.7. The molecular formula is C62H116NO8+. The lowest BCUT2D eigenvalue weighted by Crippen LogP contribution is -2.40. The summed E-state index contributed by atoms with van der Waals surface area (Å²) in [6, 6.07) is 0. The molecule has 9 heteroatoms. The monoisotopic (exact) mass is 1000 g/mol. The summed E-state index contributed by atoms with van der Waals surface area (Å²) in [5.41, 5.74) is 0. The summed E-state index contributed by atoms with van der Waals surface area (Å²) in [5, 5.41) is 9.69. The van der Waals surface area contributed by atoms with Gasteiger partial charge < -0.3 is 28.5 Å². The van der Waals surface area contributed by atoms with Crippen LogP contribution >= 0.6 is 0 Å². The van der Waals surface area contributed by atoms with Crippen LogP contribution in [0.25, 0.3) is 0 Å². The van der Waals surface area contributed by atoms with Gasteiger partial charge in [0.25, 0.3) is 6.29 Å². The van der Waals surface area contributed by atoms with E-state index in [1.54, 1.807) is 0 Å². The first-order valence-electron chi connectivity index (χ1n) is 30.2. The molecule has 2 unspecified atom stereocenters. The number of ether oxygens (including phenoxy) is 4. The number of carbonyl (C=O) groups is 3. The van der Waals surface area contributed by atoms with E-state index in [-0.39, 0.29) is 32.2 Å². The zero-order valence-electron chi connectivity index (χ0n) is 47.4. The van der Waals surface area contributed by atoms with Gasteiger partial charge in [0.05, 0.1) is 34.4 Å². The van der Waals surface area contributed by atoms with Crippen molar-refractivity contribution in [1.82, 2.24) is 0 Å². The Bertz CT molecular complexity index is 1260. The van der Waals surface area contributed by atoms with Crippen LogP contribution in [0.1, 0.15) is 284 Å². The van der Waals surface area contributed by atoms with Gasteiger partial charge >= 0.3 is 17.9 Å². The Morgan fingerprint density at radius 1 is 0.423 bits per heavy atom.